The van der Waals surface area contributed by atoms with Crippen LogP contribution in [0.2, 0.25) is 0 Å². The molecule has 0 radical (unpaired) electrons. The van der Waals surface area contributed by atoms with Crippen LogP contribution in [0.5, 0.6) is 0 Å². The van der Waals surface area contributed by atoms with Gasteiger partial charge in [-0.3, -0.25) is 0 Å². The number of benzene rings is 3. The van der Waals surface area contributed by atoms with E-state index < -0.39 is 0 Å². The fourth-order valence-corrected chi connectivity index (χ4v) is 9.29. The van der Waals surface area contributed by atoms with Crippen LogP contribution in [-0.4, -0.2) is 0 Å². The van der Waals surface area contributed by atoms with Crippen molar-refractivity contribution in [3.05, 3.63) is 125 Å². The van der Waals surface area contributed by atoms with E-state index in [0.29, 0.717) is 5.92 Å². The Labute approximate surface area is 317 Å². The largest absolute Gasteiger partial charge is 0.356 e. The second-order valence-electron chi connectivity index (χ2n) is 19.6. The second-order valence-corrected chi connectivity index (χ2v) is 19.6. The molecule has 0 saturated heterocycles. The van der Waals surface area contributed by atoms with E-state index in [-0.39, 0.29) is 27.1 Å². The first-order valence-electron chi connectivity index (χ1n) is 20.0. The van der Waals surface area contributed by atoms with Crippen LogP contribution >= 0.6 is 0 Å². The van der Waals surface area contributed by atoms with E-state index in [1.165, 1.54) is 70.6 Å². The Balaban J connectivity index is 1.70. The van der Waals surface area contributed by atoms with Gasteiger partial charge in [0.15, 0.2) is 0 Å². The molecule has 0 aromatic heterocycles. The summed E-state index contributed by atoms with van der Waals surface area (Å²) in [5, 5.41) is 3.80. The van der Waals surface area contributed by atoms with Gasteiger partial charge < -0.3 is 10.2 Å². The first kappa shape index (κ1) is 38.0. The maximum atomic E-state index is 3.80. The molecule has 276 valence electrons. The molecule has 6 rings (SSSR count). The highest BCUT2D eigenvalue weighted by Crippen LogP contribution is 2.58. The Hall–Kier alpha value is -3.78. The summed E-state index contributed by atoms with van der Waals surface area (Å²) in [6.45, 7) is 31.0. The summed E-state index contributed by atoms with van der Waals surface area (Å²) >= 11 is 0. The monoisotopic (exact) mass is 695 g/mol. The minimum atomic E-state index is -0.0394. The summed E-state index contributed by atoms with van der Waals surface area (Å²) in [5.41, 5.74) is 15.3. The maximum absolute atomic E-state index is 3.80. The fourth-order valence-electron chi connectivity index (χ4n) is 9.29. The van der Waals surface area contributed by atoms with Crippen LogP contribution in [0.25, 0.3) is 11.1 Å². The van der Waals surface area contributed by atoms with Crippen molar-refractivity contribution in [1.29, 1.82) is 0 Å². The highest BCUT2D eigenvalue weighted by Gasteiger charge is 2.46. The van der Waals surface area contributed by atoms with Crippen LogP contribution in [0.1, 0.15) is 139 Å². The molecule has 1 unspecified atom stereocenters. The Morgan fingerprint density at radius 2 is 1.44 bits per heavy atom. The summed E-state index contributed by atoms with van der Waals surface area (Å²) in [4.78, 5) is 2.66. The zero-order chi connectivity index (χ0) is 37.9. The molecule has 1 saturated carbocycles. The average molecular weight is 695 g/mol. The van der Waals surface area contributed by atoms with Crippen LogP contribution in [-0.2, 0) is 16.2 Å². The number of anilines is 3. The van der Waals surface area contributed by atoms with Crippen molar-refractivity contribution >= 4 is 17.1 Å². The molecule has 0 bridgehead atoms. The van der Waals surface area contributed by atoms with E-state index >= 15 is 0 Å². The third-order valence-corrected chi connectivity index (χ3v) is 12.9. The second kappa shape index (κ2) is 13.6. The predicted octanol–water partition coefficient (Wildman–Crippen LogP) is 14.7. The quantitative estimate of drug-likeness (QED) is 0.248. The number of fused-ring (bicyclic) bond motifs is 2. The van der Waals surface area contributed by atoms with Gasteiger partial charge in [0, 0.05) is 28.3 Å². The molecule has 3 aliphatic rings. The van der Waals surface area contributed by atoms with E-state index in [1.807, 2.05) is 0 Å². The minimum absolute atomic E-state index is 0.0361. The van der Waals surface area contributed by atoms with Crippen LogP contribution < -0.4 is 10.2 Å². The Morgan fingerprint density at radius 1 is 0.769 bits per heavy atom. The van der Waals surface area contributed by atoms with Crippen molar-refractivity contribution in [1.82, 2.24) is 0 Å². The van der Waals surface area contributed by atoms with E-state index in [0.717, 1.165) is 17.8 Å². The number of nitrogens with zero attached hydrogens (tertiary/aromatic N) is 1. The Bertz CT molecular complexity index is 1930. The van der Waals surface area contributed by atoms with Gasteiger partial charge >= 0.3 is 0 Å². The lowest BCUT2D eigenvalue weighted by molar-refractivity contribution is 0.121. The van der Waals surface area contributed by atoms with E-state index in [1.54, 1.807) is 5.57 Å². The first-order chi connectivity index (χ1) is 24.3. The van der Waals surface area contributed by atoms with Crippen LogP contribution in [0.4, 0.5) is 17.1 Å². The molecule has 1 N–H and O–H groups in total. The number of allylic oxidation sites excluding steroid dienone is 7. The van der Waals surface area contributed by atoms with E-state index in [4.69, 9.17) is 0 Å². The van der Waals surface area contributed by atoms with Crippen molar-refractivity contribution in [2.24, 2.45) is 16.7 Å². The fraction of sp³-hybridized carbons (Fsp3) is 0.480. The Kier molecular flexibility index (Phi) is 9.91. The molecule has 0 heterocycles. The lowest BCUT2D eigenvalue weighted by Gasteiger charge is -2.51. The zero-order valence-corrected chi connectivity index (χ0v) is 34.7. The van der Waals surface area contributed by atoms with Crippen LogP contribution in [0, 0.1) is 16.7 Å². The zero-order valence-electron chi connectivity index (χ0n) is 34.7. The standard InChI is InChI=1S/C50H66N2/c1-14-19-36(15-2)51-37-30-35(46(3,4)5)31-39(32-37)52(38-22-23-40-42(33-38)49(10,11)27-26-47(40,6)7)43-25-24-41-45(44(43)34-20-17-16-18-21-34)50(12,13)29-28-48(41,8)9/h14-25,30-32,42,51H,26-29,33H2,1-13H3/b19-14-,36-15+. The normalized spacial score (nSPS) is 21.9. The molecule has 3 aromatic rings. The van der Waals surface area contributed by atoms with Gasteiger partial charge in [-0.05, 0) is 138 Å². The minimum Gasteiger partial charge on any atom is -0.356 e. The van der Waals surface area contributed by atoms with Gasteiger partial charge in [-0.15, -0.1) is 0 Å². The summed E-state index contributed by atoms with van der Waals surface area (Å²) in [5.74, 6) is 0.486. The van der Waals surface area contributed by atoms with Crippen molar-refractivity contribution in [2.45, 2.75) is 138 Å². The van der Waals surface area contributed by atoms with Gasteiger partial charge in [0.05, 0.1) is 5.69 Å². The van der Waals surface area contributed by atoms with Crippen LogP contribution in [0.15, 0.2) is 108 Å². The third kappa shape index (κ3) is 7.12. The van der Waals surface area contributed by atoms with Gasteiger partial charge in [-0.25, -0.2) is 0 Å². The summed E-state index contributed by atoms with van der Waals surface area (Å²) < 4.78 is 0. The predicted molar refractivity (Wildman–Crippen MR) is 228 cm³/mol. The topological polar surface area (TPSA) is 15.3 Å². The smallest absolute Gasteiger partial charge is 0.0540 e. The highest BCUT2D eigenvalue weighted by atomic mass is 15.2. The van der Waals surface area contributed by atoms with E-state index in [2.05, 4.69) is 191 Å². The molecular formula is C50H66N2. The summed E-state index contributed by atoms with van der Waals surface area (Å²) in [6, 6.07) is 23.4. The molecule has 1 fully saturated rings. The molecule has 0 aliphatic heterocycles. The van der Waals surface area contributed by atoms with Gasteiger partial charge in [0.2, 0.25) is 0 Å². The van der Waals surface area contributed by atoms with Crippen LogP contribution in [0.3, 0.4) is 0 Å². The molecule has 3 aliphatic carbocycles. The Morgan fingerprint density at radius 3 is 2.10 bits per heavy atom. The lowest BCUT2D eigenvalue weighted by Crippen LogP contribution is -2.40. The van der Waals surface area contributed by atoms with Gasteiger partial charge in [-0.1, -0.05) is 136 Å². The summed E-state index contributed by atoms with van der Waals surface area (Å²) in [6.07, 6.45) is 17.3. The number of hydrogen-bond donors (Lipinski definition) is 1. The molecule has 3 aromatic carbocycles. The third-order valence-electron chi connectivity index (χ3n) is 12.9. The number of hydrogen-bond acceptors (Lipinski definition) is 2. The maximum Gasteiger partial charge on any atom is 0.0540 e. The molecule has 2 heteroatoms. The van der Waals surface area contributed by atoms with Crippen molar-refractivity contribution in [2.75, 3.05) is 10.2 Å². The van der Waals surface area contributed by atoms with E-state index in [9.17, 15) is 0 Å². The molecular weight excluding hydrogens is 629 g/mol. The lowest BCUT2D eigenvalue weighted by atomic mass is 9.55. The SMILES string of the molecule is C/C=C\C(=C/C)Nc1cc(N(C2=CC=C3C(C2)C(C)(C)CCC3(C)C)c2ccc3c(c2-c2ccccc2)C(C)(C)CCC3(C)C)cc(C(C)(C)C)c1. The number of rotatable bonds is 7. The molecule has 0 spiro atoms. The van der Waals surface area contributed by atoms with Gasteiger partial charge in [0.25, 0.3) is 0 Å². The van der Waals surface area contributed by atoms with Crippen molar-refractivity contribution in [3.8, 4) is 11.1 Å². The van der Waals surface area contributed by atoms with Gasteiger partial charge in [0.1, 0.15) is 0 Å². The van der Waals surface area contributed by atoms with Crippen molar-refractivity contribution in [3.63, 3.8) is 0 Å². The highest BCUT2D eigenvalue weighted by molar-refractivity contribution is 5.89. The van der Waals surface area contributed by atoms with Crippen molar-refractivity contribution < 1.29 is 0 Å². The molecule has 2 nitrogen and oxygen atoms in total. The first-order valence-corrected chi connectivity index (χ1v) is 20.0. The average Bonchev–Trinajstić information content (AvgIpc) is 3.08. The molecule has 0 amide bonds. The van der Waals surface area contributed by atoms with Gasteiger partial charge in [-0.2, -0.15) is 0 Å². The summed E-state index contributed by atoms with van der Waals surface area (Å²) in [7, 11) is 0. The number of nitrogens with one attached hydrogen (secondary N) is 1. The molecule has 1 atom stereocenters. The molecule has 52 heavy (non-hydrogen) atoms.